The van der Waals surface area contributed by atoms with Crippen LogP contribution in [0.5, 0.6) is 0 Å². The van der Waals surface area contributed by atoms with E-state index in [2.05, 4.69) is 29.3 Å². The third-order valence-corrected chi connectivity index (χ3v) is 4.01. The zero-order valence-corrected chi connectivity index (χ0v) is 12.5. The van der Waals surface area contributed by atoms with Gasteiger partial charge in [-0.15, -0.1) is 0 Å². The Morgan fingerprint density at radius 2 is 2.00 bits per heavy atom. The Hall–Kier alpha value is -0.650. The van der Waals surface area contributed by atoms with Crippen LogP contribution < -0.4 is 11.3 Å². The predicted molar refractivity (Wildman–Crippen MR) is 78.5 cm³/mol. The molecule has 0 saturated carbocycles. The molecule has 1 fully saturated rings. The van der Waals surface area contributed by atoms with Gasteiger partial charge in [0.1, 0.15) is 0 Å². The molecule has 0 bridgehead atoms. The molecule has 0 aromatic rings. The molecule has 0 atom stereocenters. The van der Waals surface area contributed by atoms with Gasteiger partial charge in [-0.05, 0) is 65.3 Å². The second-order valence-electron chi connectivity index (χ2n) is 5.89. The average Bonchev–Trinajstić information content (AvgIpc) is 2.40. The summed E-state index contributed by atoms with van der Waals surface area (Å²) < 4.78 is 0. The molecule has 112 valence electrons. The van der Waals surface area contributed by atoms with E-state index in [1.807, 2.05) is 0 Å². The highest BCUT2D eigenvalue weighted by molar-refractivity contribution is 5.74. The molecule has 1 amide bonds. The number of rotatable bonds is 8. The first-order valence-electron chi connectivity index (χ1n) is 7.48. The Morgan fingerprint density at radius 1 is 1.32 bits per heavy atom. The zero-order chi connectivity index (χ0) is 14.1. The van der Waals surface area contributed by atoms with E-state index in [0.29, 0.717) is 6.42 Å². The van der Waals surface area contributed by atoms with Crippen LogP contribution in [0.4, 0.5) is 0 Å². The van der Waals surface area contributed by atoms with Crippen molar-refractivity contribution in [2.75, 3.05) is 40.3 Å². The smallest absolute Gasteiger partial charge is 0.233 e. The molecule has 0 unspecified atom stereocenters. The van der Waals surface area contributed by atoms with Gasteiger partial charge < -0.3 is 9.80 Å². The molecular weight excluding hydrogens is 240 g/mol. The molecule has 5 nitrogen and oxygen atoms in total. The Kier molecular flexibility index (Phi) is 8.02. The van der Waals surface area contributed by atoms with E-state index in [9.17, 15) is 4.79 Å². The lowest BCUT2D eigenvalue weighted by molar-refractivity contribution is -0.121. The van der Waals surface area contributed by atoms with Crippen LogP contribution in [0.15, 0.2) is 0 Å². The lowest BCUT2D eigenvalue weighted by atomic mass is 9.96. The van der Waals surface area contributed by atoms with Crippen molar-refractivity contribution in [3.8, 4) is 0 Å². The number of piperidine rings is 1. The third kappa shape index (κ3) is 7.50. The summed E-state index contributed by atoms with van der Waals surface area (Å²) in [4.78, 5) is 15.8. The maximum Gasteiger partial charge on any atom is 0.233 e. The van der Waals surface area contributed by atoms with Crippen LogP contribution in [0, 0.1) is 5.92 Å². The highest BCUT2D eigenvalue weighted by Crippen LogP contribution is 2.17. The number of nitrogens with zero attached hydrogens (tertiary/aromatic N) is 2. The van der Waals surface area contributed by atoms with Crippen LogP contribution in [0.3, 0.4) is 0 Å². The van der Waals surface area contributed by atoms with Gasteiger partial charge in [-0.3, -0.25) is 10.2 Å². The van der Waals surface area contributed by atoms with Crippen molar-refractivity contribution in [1.29, 1.82) is 0 Å². The third-order valence-electron chi connectivity index (χ3n) is 4.01. The number of hydrogen-bond acceptors (Lipinski definition) is 4. The first kappa shape index (κ1) is 16.4. The number of amides is 1. The first-order valence-corrected chi connectivity index (χ1v) is 7.48. The largest absolute Gasteiger partial charge is 0.306 e. The SMILES string of the molecule is CN1CCC(CN(C)CCCCCC(=O)NN)CC1. The molecule has 0 spiro atoms. The first-order chi connectivity index (χ1) is 9.11. The second kappa shape index (κ2) is 9.28. The Bertz CT molecular complexity index is 252. The van der Waals surface area contributed by atoms with Gasteiger partial charge in [0.25, 0.3) is 0 Å². The highest BCUT2D eigenvalue weighted by atomic mass is 16.2. The van der Waals surface area contributed by atoms with Crippen molar-refractivity contribution < 1.29 is 4.79 Å². The lowest BCUT2D eigenvalue weighted by Crippen LogP contribution is -2.36. The van der Waals surface area contributed by atoms with Crippen LogP contribution in [-0.4, -0.2) is 56.0 Å². The van der Waals surface area contributed by atoms with E-state index in [4.69, 9.17) is 5.84 Å². The minimum Gasteiger partial charge on any atom is -0.306 e. The number of likely N-dealkylation sites (tertiary alicyclic amines) is 1. The van der Waals surface area contributed by atoms with Gasteiger partial charge in [-0.2, -0.15) is 0 Å². The summed E-state index contributed by atoms with van der Waals surface area (Å²) in [6, 6.07) is 0. The number of unbranched alkanes of at least 4 members (excludes halogenated alkanes) is 2. The molecule has 3 N–H and O–H groups in total. The minimum absolute atomic E-state index is 0.0559. The number of hydrogen-bond donors (Lipinski definition) is 2. The maximum absolute atomic E-state index is 10.9. The van der Waals surface area contributed by atoms with Crippen molar-refractivity contribution in [3.63, 3.8) is 0 Å². The van der Waals surface area contributed by atoms with Crippen molar-refractivity contribution in [2.24, 2.45) is 11.8 Å². The summed E-state index contributed by atoms with van der Waals surface area (Å²) in [6.07, 6.45) is 6.42. The number of nitrogens with two attached hydrogens (primary N) is 1. The standard InChI is InChI=1S/C14H30N4O/c1-17-10-7-13(8-11-17)12-18(2)9-5-3-4-6-14(19)16-15/h13H,3-12,15H2,1-2H3,(H,16,19). The molecular formula is C14H30N4O. The Labute approximate surface area is 117 Å². The summed E-state index contributed by atoms with van der Waals surface area (Å²) >= 11 is 0. The summed E-state index contributed by atoms with van der Waals surface area (Å²) in [5, 5.41) is 0. The van der Waals surface area contributed by atoms with E-state index < -0.39 is 0 Å². The van der Waals surface area contributed by atoms with Crippen LogP contribution >= 0.6 is 0 Å². The van der Waals surface area contributed by atoms with E-state index in [1.165, 1.54) is 38.9 Å². The van der Waals surface area contributed by atoms with Gasteiger partial charge in [-0.25, -0.2) is 5.84 Å². The van der Waals surface area contributed by atoms with Crippen LogP contribution in [0.2, 0.25) is 0 Å². The molecule has 1 heterocycles. The van der Waals surface area contributed by atoms with Gasteiger partial charge in [-0.1, -0.05) is 6.42 Å². The van der Waals surface area contributed by atoms with Crippen LogP contribution in [0.1, 0.15) is 38.5 Å². The molecule has 0 aliphatic carbocycles. The second-order valence-corrected chi connectivity index (χ2v) is 5.89. The monoisotopic (exact) mass is 270 g/mol. The number of carbonyl (C=O) groups excluding carboxylic acids is 1. The summed E-state index contributed by atoms with van der Waals surface area (Å²) in [6.45, 7) is 4.84. The fourth-order valence-electron chi connectivity index (χ4n) is 2.69. The van der Waals surface area contributed by atoms with Gasteiger partial charge >= 0.3 is 0 Å². The Balaban J connectivity index is 1.98. The molecule has 1 aliphatic rings. The molecule has 0 radical (unpaired) electrons. The van der Waals surface area contributed by atoms with Crippen LogP contribution in [-0.2, 0) is 4.79 Å². The van der Waals surface area contributed by atoms with Gasteiger partial charge in [0.05, 0.1) is 0 Å². The molecule has 0 aromatic heterocycles. The quantitative estimate of drug-likeness (QED) is 0.296. The molecule has 0 aromatic carbocycles. The lowest BCUT2D eigenvalue weighted by Gasteiger charge is -2.31. The number of nitrogens with one attached hydrogen (secondary N) is 1. The highest BCUT2D eigenvalue weighted by Gasteiger charge is 2.17. The van der Waals surface area contributed by atoms with E-state index >= 15 is 0 Å². The number of hydrazine groups is 1. The number of carbonyl (C=O) groups is 1. The fraction of sp³-hybridized carbons (Fsp3) is 0.929. The van der Waals surface area contributed by atoms with Crippen LogP contribution in [0.25, 0.3) is 0 Å². The normalized spacial score (nSPS) is 17.9. The van der Waals surface area contributed by atoms with E-state index in [0.717, 1.165) is 25.3 Å². The topological polar surface area (TPSA) is 61.6 Å². The summed E-state index contributed by atoms with van der Waals surface area (Å²) in [5.74, 6) is 5.85. The minimum atomic E-state index is -0.0559. The molecule has 1 saturated heterocycles. The average molecular weight is 270 g/mol. The van der Waals surface area contributed by atoms with Gasteiger partial charge in [0.2, 0.25) is 5.91 Å². The van der Waals surface area contributed by atoms with Crippen molar-refractivity contribution in [2.45, 2.75) is 38.5 Å². The Morgan fingerprint density at radius 3 is 2.63 bits per heavy atom. The van der Waals surface area contributed by atoms with E-state index in [1.54, 1.807) is 0 Å². The van der Waals surface area contributed by atoms with Crippen molar-refractivity contribution in [3.05, 3.63) is 0 Å². The molecule has 19 heavy (non-hydrogen) atoms. The summed E-state index contributed by atoms with van der Waals surface area (Å²) in [5.41, 5.74) is 2.17. The van der Waals surface area contributed by atoms with E-state index in [-0.39, 0.29) is 5.91 Å². The fourth-order valence-corrected chi connectivity index (χ4v) is 2.69. The zero-order valence-electron chi connectivity index (χ0n) is 12.5. The van der Waals surface area contributed by atoms with Gasteiger partial charge in [0.15, 0.2) is 0 Å². The molecule has 5 heteroatoms. The molecule has 1 aliphatic heterocycles. The predicted octanol–water partition coefficient (Wildman–Crippen LogP) is 0.810. The molecule has 1 rings (SSSR count). The maximum atomic E-state index is 10.9. The van der Waals surface area contributed by atoms with Crippen molar-refractivity contribution >= 4 is 5.91 Å². The van der Waals surface area contributed by atoms with Crippen molar-refractivity contribution in [1.82, 2.24) is 15.2 Å². The summed E-state index contributed by atoms with van der Waals surface area (Å²) in [7, 11) is 4.42. The van der Waals surface area contributed by atoms with Gasteiger partial charge in [0, 0.05) is 13.0 Å².